The summed E-state index contributed by atoms with van der Waals surface area (Å²) < 4.78 is 5.84. The van der Waals surface area contributed by atoms with E-state index in [9.17, 15) is 10.2 Å². The number of fused-ring (bicyclic) bond motifs is 5. The molecule has 0 saturated heterocycles. The van der Waals surface area contributed by atoms with Gasteiger partial charge in [0.05, 0.1) is 18.8 Å². The van der Waals surface area contributed by atoms with Gasteiger partial charge in [-0.15, -0.1) is 0 Å². The molecule has 0 aliphatic heterocycles. The van der Waals surface area contributed by atoms with Crippen LogP contribution in [0.3, 0.4) is 0 Å². The standard InChI is InChI=1S/C20H32O3/c1-19-9-8-17-15(16(19)5-6-18(19)23-2)4-3-13-11-14(22)7-10-20(13,17)12-21/h3,14-18,21-22H,4-12H2,1-2H3. The van der Waals surface area contributed by atoms with E-state index in [1.165, 1.54) is 31.3 Å². The van der Waals surface area contributed by atoms with Crippen molar-refractivity contribution < 1.29 is 14.9 Å². The van der Waals surface area contributed by atoms with Gasteiger partial charge in [-0.1, -0.05) is 18.6 Å². The summed E-state index contributed by atoms with van der Waals surface area (Å²) in [5, 5.41) is 20.4. The first-order valence-electron chi connectivity index (χ1n) is 9.56. The quantitative estimate of drug-likeness (QED) is 0.768. The Bertz CT molecular complexity index is 501. The van der Waals surface area contributed by atoms with Crippen LogP contribution in [0.15, 0.2) is 11.6 Å². The maximum atomic E-state index is 10.4. The second-order valence-corrected chi connectivity index (χ2v) is 8.90. The second kappa shape index (κ2) is 5.57. The normalized spacial score (nSPS) is 52.3. The van der Waals surface area contributed by atoms with Crippen LogP contribution in [0.25, 0.3) is 0 Å². The number of rotatable bonds is 2. The van der Waals surface area contributed by atoms with Crippen LogP contribution < -0.4 is 0 Å². The molecule has 23 heavy (non-hydrogen) atoms. The lowest BCUT2D eigenvalue weighted by molar-refractivity contribution is -0.0965. The zero-order valence-electron chi connectivity index (χ0n) is 14.6. The minimum absolute atomic E-state index is 0.0331. The molecular formula is C20H32O3. The molecular weight excluding hydrogens is 288 g/mol. The highest BCUT2D eigenvalue weighted by Crippen LogP contribution is 2.65. The van der Waals surface area contributed by atoms with Gasteiger partial charge in [-0.05, 0) is 74.5 Å². The maximum Gasteiger partial charge on any atom is 0.0627 e. The Labute approximate surface area is 140 Å². The molecule has 2 N–H and O–H groups in total. The summed E-state index contributed by atoms with van der Waals surface area (Å²) in [5.41, 5.74) is 1.66. The average Bonchev–Trinajstić information content (AvgIpc) is 2.90. The van der Waals surface area contributed by atoms with Crippen LogP contribution in [-0.2, 0) is 4.74 Å². The van der Waals surface area contributed by atoms with E-state index >= 15 is 0 Å². The summed E-state index contributed by atoms with van der Waals surface area (Å²) in [7, 11) is 1.88. The van der Waals surface area contributed by atoms with Crippen LogP contribution in [0, 0.1) is 28.6 Å². The maximum absolute atomic E-state index is 10.4. The molecule has 130 valence electrons. The van der Waals surface area contributed by atoms with Crippen molar-refractivity contribution >= 4 is 0 Å². The number of hydrogen-bond acceptors (Lipinski definition) is 3. The predicted octanol–water partition coefficient (Wildman–Crippen LogP) is 3.30. The van der Waals surface area contributed by atoms with E-state index < -0.39 is 0 Å². The molecule has 3 saturated carbocycles. The number of aliphatic hydroxyl groups excluding tert-OH is 2. The van der Waals surface area contributed by atoms with Gasteiger partial charge in [0.2, 0.25) is 0 Å². The van der Waals surface area contributed by atoms with Crippen LogP contribution in [0.5, 0.6) is 0 Å². The zero-order valence-corrected chi connectivity index (χ0v) is 14.6. The SMILES string of the molecule is COC1CCC2C3CC=C4CC(O)CCC4(CO)C3CCC12C. The molecule has 0 radical (unpaired) electrons. The molecule has 3 heteroatoms. The Kier molecular flexibility index (Phi) is 3.90. The summed E-state index contributed by atoms with van der Waals surface area (Å²) in [6.07, 6.45) is 11.3. The van der Waals surface area contributed by atoms with Crippen molar-refractivity contribution in [2.75, 3.05) is 13.7 Å². The highest BCUT2D eigenvalue weighted by atomic mass is 16.5. The highest BCUT2D eigenvalue weighted by molar-refractivity contribution is 5.26. The van der Waals surface area contributed by atoms with Crippen molar-refractivity contribution in [2.45, 2.75) is 70.5 Å². The third-order valence-electron chi connectivity index (χ3n) is 8.28. The Balaban J connectivity index is 1.68. The molecule has 3 nitrogen and oxygen atoms in total. The van der Waals surface area contributed by atoms with Crippen molar-refractivity contribution in [3.05, 3.63) is 11.6 Å². The summed E-state index contributed by atoms with van der Waals surface area (Å²) >= 11 is 0. The van der Waals surface area contributed by atoms with Crippen LogP contribution in [-0.4, -0.2) is 36.1 Å². The molecule has 0 heterocycles. The molecule has 3 fully saturated rings. The van der Waals surface area contributed by atoms with Crippen molar-refractivity contribution in [2.24, 2.45) is 28.6 Å². The van der Waals surface area contributed by atoms with Gasteiger partial charge >= 0.3 is 0 Å². The van der Waals surface area contributed by atoms with Crippen LogP contribution in [0.1, 0.15) is 58.3 Å². The zero-order chi connectivity index (χ0) is 16.2. The Morgan fingerprint density at radius 1 is 1.17 bits per heavy atom. The first kappa shape index (κ1) is 16.1. The van der Waals surface area contributed by atoms with Crippen molar-refractivity contribution in [3.63, 3.8) is 0 Å². The Morgan fingerprint density at radius 2 is 2.00 bits per heavy atom. The predicted molar refractivity (Wildman–Crippen MR) is 89.9 cm³/mol. The number of ether oxygens (including phenoxy) is 1. The van der Waals surface area contributed by atoms with Gasteiger partial charge in [-0.3, -0.25) is 0 Å². The van der Waals surface area contributed by atoms with Gasteiger partial charge in [-0.2, -0.15) is 0 Å². The van der Waals surface area contributed by atoms with Crippen LogP contribution in [0.2, 0.25) is 0 Å². The highest BCUT2D eigenvalue weighted by Gasteiger charge is 2.59. The van der Waals surface area contributed by atoms with Gasteiger partial charge < -0.3 is 14.9 Å². The fourth-order valence-corrected chi connectivity index (χ4v) is 7.07. The van der Waals surface area contributed by atoms with Gasteiger partial charge in [-0.25, -0.2) is 0 Å². The lowest BCUT2D eigenvalue weighted by Gasteiger charge is -2.58. The minimum atomic E-state index is -0.198. The van der Waals surface area contributed by atoms with E-state index in [1.807, 2.05) is 7.11 Å². The van der Waals surface area contributed by atoms with Gasteiger partial charge in [0.15, 0.2) is 0 Å². The fraction of sp³-hybridized carbons (Fsp3) is 0.900. The van der Waals surface area contributed by atoms with E-state index in [1.54, 1.807) is 0 Å². The van der Waals surface area contributed by atoms with Gasteiger partial charge in [0.25, 0.3) is 0 Å². The van der Waals surface area contributed by atoms with Crippen LogP contribution in [0.4, 0.5) is 0 Å². The first-order chi connectivity index (χ1) is 11.0. The van der Waals surface area contributed by atoms with Crippen LogP contribution >= 0.6 is 0 Å². The molecule has 7 unspecified atom stereocenters. The molecule has 4 aliphatic rings. The van der Waals surface area contributed by atoms with Crippen molar-refractivity contribution in [3.8, 4) is 0 Å². The summed E-state index contributed by atoms with van der Waals surface area (Å²) in [4.78, 5) is 0. The Morgan fingerprint density at radius 3 is 2.74 bits per heavy atom. The molecule has 0 spiro atoms. The molecule has 4 aliphatic carbocycles. The van der Waals surface area contributed by atoms with E-state index in [4.69, 9.17) is 4.74 Å². The van der Waals surface area contributed by atoms with Crippen molar-refractivity contribution in [1.82, 2.24) is 0 Å². The molecule has 0 aromatic heterocycles. The largest absolute Gasteiger partial charge is 0.395 e. The monoisotopic (exact) mass is 320 g/mol. The molecule has 7 atom stereocenters. The number of methoxy groups -OCH3 is 1. The summed E-state index contributed by atoms with van der Waals surface area (Å²) in [5.74, 6) is 2.04. The third kappa shape index (κ3) is 2.12. The van der Waals surface area contributed by atoms with E-state index in [-0.39, 0.29) is 18.1 Å². The van der Waals surface area contributed by atoms with Gasteiger partial charge in [0.1, 0.15) is 0 Å². The second-order valence-electron chi connectivity index (χ2n) is 8.90. The van der Waals surface area contributed by atoms with E-state index in [0.29, 0.717) is 23.4 Å². The number of hydrogen-bond donors (Lipinski definition) is 2. The average molecular weight is 320 g/mol. The van der Waals surface area contributed by atoms with Crippen molar-refractivity contribution in [1.29, 1.82) is 0 Å². The molecule has 0 amide bonds. The minimum Gasteiger partial charge on any atom is -0.395 e. The molecule has 0 bridgehead atoms. The lowest BCUT2D eigenvalue weighted by Crippen LogP contribution is -2.53. The number of aliphatic hydroxyl groups is 2. The third-order valence-corrected chi connectivity index (χ3v) is 8.28. The Hall–Kier alpha value is -0.380. The summed E-state index contributed by atoms with van der Waals surface area (Å²) in [6, 6.07) is 0. The fourth-order valence-electron chi connectivity index (χ4n) is 7.07. The van der Waals surface area contributed by atoms with E-state index in [2.05, 4.69) is 13.0 Å². The molecule has 0 aromatic carbocycles. The topological polar surface area (TPSA) is 49.7 Å². The first-order valence-corrected chi connectivity index (χ1v) is 9.56. The van der Waals surface area contributed by atoms with Gasteiger partial charge in [0, 0.05) is 12.5 Å². The van der Waals surface area contributed by atoms with E-state index in [0.717, 1.165) is 31.6 Å². The summed E-state index contributed by atoms with van der Waals surface area (Å²) in [6.45, 7) is 2.72. The molecule has 4 rings (SSSR count). The number of allylic oxidation sites excluding steroid dienone is 1. The lowest BCUT2D eigenvalue weighted by atomic mass is 9.47. The molecule has 0 aromatic rings. The smallest absolute Gasteiger partial charge is 0.0627 e.